The molecular formula is C20H21N3O2. The van der Waals surface area contributed by atoms with Crippen molar-refractivity contribution in [1.82, 2.24) is 4.90 Å². The molecule has 2 aromatic rings. The first-order valence-electron chi connectivity index (χ1n) is 8.53. The number of fused-ring (bicyclic) bond motifs is 3. The lowest BCUT2D eigenvalue weighted by Gasteiger charge is -2.45. The molecule has 5 heteroatoms. The minimum atomic E-state index is -1.18. The molecule has 4 rings (SSSR count). The Balaban J connectivity index is 1.98. The third-order valence-electron chi connectivity index (χ3n) is 4.94. The van der Waals surface area contributed by atoms with Gasteiger partial charge < -0.3 is 15.1 Å². The van der Waals surface area contributed by atoms with Gasteiger partial charge in [-0.15, -0.1) is 0 Å². The van der Waals surface area contributed by atoms with Crippen LogP contribution in [0.2, 0.25) is 0 Å². The third kappa shape index (κ3) is 2.02. The van der Waals surface area contributed by atoms with Crippen LogP contribution in [-0.4, -0.2) is 30.3 Å². The van der Waals surface area contributed by atoms with Crippen LogP contribution in [0.4, 0.5) is 11.4 Å². The molecule has 2 aliphatic rings. The maximum Gasteiger partial charge on any atom is 0.278 e. The number of anilines is 2. The summed E-state index contributed by atoms with van der Waals surface area (Å²) in [5.74, 6) is -0.00235. The number of nitrogens with one attached hydrogen (secondary N) is 1. The van der Waals surface area contributed by atoms with Gasteiger partial charge in [-0.05, 0) is 24.1 Å². The number of carbonyl (C=O) groups is 2. The largest absolute Gasteiger partial charge is 0.350 e. The molecule has 1 N–H and O–H groups in total. The second-order valence-corrected chi connectivity index (χ2v) is 7.07. The van der Waals surface area contributed by atoms with Gasteiger partial charge in [-0.2, -0.15) is 0 Å². The van der Waals surface area contributed by atoms with Crippen LogP contribution in [-0.2, 0) is 10.5 Å². The van der Waals surface area contributed by atoms with Gasteiger partial charge in [-0.1, -0.05) is 44.2 Å². The van der Waals surface area contributed by atoms with Crippen molar-refractivity contribution < 1.29 is 9.59 Å². The molecule has 0 saturated heterocycles. The van der Waals surface area contributed by atoms with Crippen LogP contribution in [0.3, 0.4) is 0 Å². The Bertz CT molecular complexity index is 877. The fourth-order valence-corrected chi connectivity index (χ4v) is 3.84. The minimum Gasteiger partial charge on any atom is -0.350 e. The van der Waals surface area contributed by atoms with Crippen LogP contribution >= 0.6 is 0 Å². The lowest BCUT2D eigenvalue weighted by Crippen LogP contribution is -2.63. The van der Waals surface area contributed by atoms with Gasteiger partial charge in [-0.25, -0.2) is 0 Å². The fourth-order valence-electron chi connectivity index (χ4n) is 3.84. The molecule has 0 fully saturated rings. The van der Waals surface area contributed by atoms with E-state index in [0.717, 1.165) is 11.3 Å². The van der Waals surface area contributed by atoms with Crippen LogP contribution in [0.25, 0.3) is 0 Å². The quantitative estimate of drug-likeness (QED) is 0.918. The zero-order chi connectivity index (χ0) is 17.8. The maximum atomic E-state index is 13.4. The summed E-state index contributed by atoms with van der Waals surface area (Å²) < 4.78 is 0. The van der Waals surface area contributed by atoms with Crippen molar-refractivity contribution in [3.8, 4) is 0 Å². The van der Waals surface area contributed by atoms with Gasteiger partial charge in [0.05, 0.1) is 11.3 Å². The number of benzene rings is 2. The van der Waals surface area contributed by atoms with E-state index in [0.29, 0.717) is 17.8 Å². The van der Waals surface area contributed by atoms with Gasteiger partial charge in [0.15, 0.2) is 0 Å². The summed E-state index contributed by atoms with van der Waals surface area (Å²) >= 11 is 0. The smallest absolute Gasteiger partial charge is 0.278 e. The first-order valence-corrected chi connectivity index (χ1v) is 8.53. The van der Waals surface area contributed by atoms with E-state index in [1.54, 1.807) is 22.9 Å². The van der Waals surface area contributed by atoms with Crippen molar-refractivity contribution in [2.45, 2.75) is 19.5 Å². The van der Waals surface area contributed by atoms with Crippen LogP contribution in [0.5, 0.6) is 0 Å². The van der Waals surface area contributed by atoms with E-state index in [1.807, 2.05) is 42.5 Å². The van der Waals surface area contributed by atoms with Crippen LogP contribution in [0.15, 0.2) is 48.5 Å². The van der Waals surface area contributed by atoms with E-state index in [9.17, 15) is 9.59 Å². The van der Waals surface area contributed by atoms with Gasteiger partial charge >= 0.3 is 0 Å². The van der Waals surface area contributed by atoms with Gasteiger partial charge in [0.2, 0.25) is 5.66 Å². The first-order chi connectivity index (χ1) is 12.0. The average Bonchev–Trinajstić information content (AvgIpc) is 2.82. The number of carbonyl (C=O) groups excluding carboxylic acids is 2. The molecule has 128 valence electrons. The highest BCUT2D eigenvalue weighted by Crippen LogP contribution is 2.47. The molecule has 0 bridgehead atoms. The summed E-state index contributed by atoms with van der Waals surface area (Å²) in [4.78, 5) is 30.0. The number of para-hydroxylation sites is 2. The van der Waals surface area contributed by atoms with Crippen molar-refractivity contribution in [3.05, 3.63) is 59.7 Å². The molecule has 25 heavy (non-hydrogen) atoms. The number of hydrogen-bond donors (Lipinski definition) is 1. The highest BCUT2D eigenvalue weighted by Gasteiger charge is 2.58. The fraction of sp³-hybridized carbons (Fsp3) is 0.300. The molecule has 2 aromatic carbocycles. The van der Waals surface area contributed by atoms with E-state index >= 15 is 0 Å². The predicted molar refractivity (Wildman–Crippen MR) is 97.5 cm³/mol. The Labute approximate surface area is 147 Å². The SMILES string of the molecule is CC(C)CN1C(=O)c2ccccc2NC12C(=O)N(C)c1ccccc12. The second kappa shape index (κ2) is 5.34. The molecule has 1 unspecified atom stereocenters. The van der Waals surface area contributed by atoms with E-state index in [2.05, 4.69) is 19.2 Å². The standard InChI is InChI=1S/C20H21N3O2/c1-13(2)12-23-18(24)14-8-4-6-10-16(14)21-20(23)15-9-5-7-11-17(15)22(3)19(20)25/h4-11,13,21H,12H2,1-3H3. The monoisotopic (exact) mass is 335 g/mol. The molecule has 5 nitrogen and oxygen atoms in total. The van der Waals surface area contributed by atoms with Gasteiger partial charge in [0.1, 0.15) is 0 Å². The van der Waals surface area contributed by atoms with Crippen LogP contribution in [0.1, 0.15) is 29.8 Å². The summed E-state index contributed by atoms with van der Waals surface area (Å²) in [5.41, 5.74) is 1.78. The predicted octanol–water partition coefficient (Wildman–Crippen LogP) is 3.04. The maximum absolute atomic E-state index is 13.4. The Hall–Kier alpha value is -2.82. The van der Waals surface area contributed by atoms with Crippen molar-refractivity contribution >= 4 is 23.2 Å². The van der Waals surface area contributed by atoms with E-state index < -0.39 is 5.66 Å². The van der Waals surface area contributed by atoms with Crippen molar-refractivity contribution in [3.63, 3.8) is 0 Å². The second-order valence-electron chi connectivity index (χ2n) is 7.07. The number of amides is 2. The van der Waals surface area contributed by atoms with Crippen molar-refractivity contribution in [2.75, 3.05) is 23.8 Å². The first kappa shape index (κ1) is 15.7. The van der Waals surface area contributed by atoms with Crippen LogP contribution < -0.4 is 10.2 Å². The molecule has 1 atom stereocenters. The lowest BCUT2D eigenvalue weighted by molar-refractivity contribution is -0.127. The normalized spacial score (nSPS) is 21.6. The topological polar surface area (TPSA) is 52.7 Å². The van der Waals surface area contributed by atoms with E-state index in [4.69, 9.17) is 0 Å². The summed E-state index contributed by atoms with van der Waals surface area (Å²) in [6, 6.07) is 15.1. The highest BCUT2D eigenvalue weighted by molar-refractivity contribution is 6.15. The van der Waals surface area contributed by atoms with E-state index in [-0.39, 0.29) is 17.7 Å². The number of nitrogens with zero attached hydrogens (tertiary/aromatic N) is 2. The summed E-state index contributed by atoms with van der Waals surface area (Å²) in [7, 11) is 1.76. The molecular weight excluding hydrogens is 314 g/mol. The van der Waals surface area contributed by atoms with Gasteiger partial charge in [-0.3, -0.25) is 9.59 Å². The molecule has 2 aliphatic heterocycles. The number of rotatable bonds is 2. The summed E-state index contributed by atoms with van der Waals surface area (Å²) in [5, 5.41) is 3.41. The Morgan fingerprint density at radius 3 is 2.48 bits per heavy atom. The zero-order valence-electron chi connectivity index (χ0n) is 14.6. The number of hydrogen-bond acceptors (Lipinski definition) is 3. The molecule has 0 aliphatic carbocycles. The zero-order valence-corrected chi connectivity index (χ0v) is 14.6. The van der Waals surface area contributed by atoms with Gasteiger partial charge in [0, 0.05) is 24.8 Å². The number of likely N-dealkylation sites (N-methyl/N-ethyl adjacent to an activating group) is 1. The minimum absolute atomic E-state index is 0.110. The molecule has 0 radical (unpaired) electrons. The van der Waals surface area contributed by atoms with Crippen LogP contribution in [0, 0.1) is 5.92 Å². The van der Waals surface area contributed by atoms with E-state index in [1.165, 1.54) is 0 Å². The Morgan fingerprint density at radius 2 is 1.72 bits per heavy atom. The van der Waals surface area contributed by atoms with Gasteiger partial charge in [0.25, 0.3) is 11.8 Å². The third-order valence-corrected chi connectivity index (χ3v) is 4.94. The summed E-state index contributed by atoms with van der Waals surface area (Å²) in [6.45, 7) is 4.60. The molecule has 2 amide bonds. The molecule has 2 heterocycles. The summed E-state index contributed by atoms with van der Waals surface area (Å²) in [6.07, 6.45) is 0. The van der Waals surface area contributed by atoms with Crippen molar-refractivity contribution in [2.24, 2.45) is 5.92 Å². The molecule has 0 aromatic heterocycles. The van der Waals surface area contributed by atoms with Crippen molar-refractivity contribution in [1.29, 1.82) is 0 Å². The average molecular weight is 335 g/mol. The Morgan fingerprint density at radius 1 is 1.04 bits per heavy atom. The molecule has 0 saturated carbocycles. The lowest BCUT2D eigenvalue weighted by atomic mass is 9.92. The highest BCUT2D eigenvalue weighted by atomic mass is 16.2. The molecule has 1 spiro atoms. The Kier molecular flexibility index (Phi) is 3.35.